The number of rotatable bonds is 1. The van der Waals surface area contributed by atoms with E-state index in [9.17, 15) is 4.39 Å². The summed E-state index contributed by atoms with van der Waals surface area (Å²) in [7, 11) is 0. The maximum Gasteiger partial charge on any atom is 0.123 e. The summed E-state index contributed by atoms with van der Waals surface area (Å²) in [6, 6.07) is 10.7. The highest BCUT2D eigenvalue weighted by Gasteiger charge is 2.11. The molecule has 0 bridgehead atoms. The number of aliphatic hydroxyl groups excluding tert-OH is 1. The van der Waals surface area contributed by atoms with E-state index in [2.05, 4.69) is 0 Å². The van der Waals surface area contributed by atoms with Crippen LogP contribution in [0.1, 0.15) is 16.7 Å². The lowest BCUT2D eigenvalue weighted by atomic mass is 10.1. The maximum atomic E-state index is 13.2. The predicted octanol–water partition coefficient (Wildman–Crippen LogP) is 3.95. The lowest BCUT2D eigenvalue weighted by Crippen LogP contribution is -1.86. The zero-order chi connectivity index (χ0) is 12.5. The Bertz CT molecular complexity index is 634. The highest BCUT2D eigenvalue weighted by Crippen LogP contribution is 2.37. The minimum atomic E-state index is -0.221. The standard InChI is InChI=1S/C15H11FOS/c16-13-5-6-14-12(8-13)4-3-11-2-1-10(9-17)7-15(11)18-14/h1-8,17H,9H2. The van der Waals surface area contributed by atoms with E-state index >= 15 is 0 Å². The molecule has 0 aliphatic carbocycles. The van der Waals surface area contributed by atoms with E-state index in [0.29, 0.717) is 0 Å². The van der Waals surface area contributed by atoms with Gasteiger partial charge in [0, 0.05) is 9.79 Å². The van der Waals surface area contributed by atoms with E-state index in [1.165, 1.54) is 12.1 Å². The van der Waals surface area contributed by atoms with Crippen LogP contribution in [-0.2, 0) is 6.61 Å². The molecule has 0 radical (unpaired) electrons. The predicted molar refractivity (Wildman–Crippen MR) is 71.8 cm³/mol. The fourth-order valence-corrected chi connectivity index (χ4v) is 3.03. The van der Waals surface area contributed by atoms with Gasteiger partial charge in [0.25, 0.3) is 0 Å². The monoisotopic (exact) mass is 258 g/mol. The molecule has 18 heavy (non-hydrogen) atoms. The van der Waals surface area contributed by atoms with Crippen molar-refractivity contribution in [1.29, 1.82) is 0 Å². The first-order valence-electron chi connectivity index (χ1n) is 5.65. The Morgan fingerprint density at radius 2 is 1.78 bits per heavy atom. The second kappa shape index (κ2) is 4.59. The molecule has 0 spiro atoms. The molecular formula is C15H11FOS. The Morgan fingerprint density at radius 3 is 2.61 bits per heavy atom. The normalized spacial score (nSPS) is 12.8. The van der Waals surface area contributed by atoms with E-state index in [4.69, 9.17) is 5.11 Å². The average molecular weight is 258 g/mol. The Hall–Kier alpha value is -1.58. The zero-order valence-corrected chi connectivity index (χ0v) is 10.4. The van der Waals surface area contributed by atoms with Gasteiger partial charge in [-0.05, 0) is 41.0 Å². The fourth-order valence-electron chi connectivity index (χ4n) is 1.94. The minimum absolute atomic E-state index is 0.0355. The minimum Gasteiger partial charge on any atom is -0.392 e. The van der Waals surface area contributed by atoms with Gasteiger partial charge in [-0.15, -0.1) is 0 Å². The second-order valence-corrected chi connectivity index (χ2v) is 5.23. The highest BCUT2D eigenvalue weighted by molar-refractivity contribution is 7.99. The number of halogens is 1. The zero-order valence-electron chi connectivity index (χ0n) is 9.56. The molecule has 3 heteroatoms. The smallest absolute Gasteiger partial charge is 0.123 e. The van der Waals surface area contributed by atoms with Crippen molar-refractivity contribution in [2.24, 2.45) is 0 Å². The molecule has 0 saturated heterocycles. The molecule has 0 atom stereocenters. The largest absolute Gasteiger partial charge is 0.392 e. The molecule has 2 aromatic rings. The van der Waals surface area contributed by atoms with Crippen molar-refractivity contribution in [3.05, 3.63) is 58.9 Å². The molecule has 90 valence electrons. The van der Waals surface area contributed by atoms with E-state index in [-0.39, 0.29) is 12.4 Å². The summed E-state index contributed by atoms with van der Waals surface area (Å²) in [5.74, 6) is -0.221. The molecule has 1 nitrogen and oxygen atoms in total. The van der Waals surface area contributed by atoms with Crippen LogP contribution < -0.4 is 0 Å². The number of aliphatic hydroxyl groups is 1. The summed E-state index contributed by atoms with van der Waals surface area (Å²) in [5, 5.41) is 9.16. The van der Waals surface area contributed by atoms with Crippen LogP contribution in [0.15, 0.2) is 46.2 Å². The van der Waals surface area contributed by atoms with Crippen molar-refractivity contribution < 1.29 is 9.50 Å². The van der Waals surface area contributed by atoms with Crippen molar-refractivity contribution in [2.45, 2.75) is 16.4 Å². The number of benzene rings is 2. The molecule has 0 unspecified atom stereocenters. The van der Waals surface area contributed by atoms with Crippen molar-refractivity contribution in [2.75, 3.05) is 0 Å². The second-order valence-electron chi connectivity index (χ2n) is 4.15. The third kappa shape index (κ3) is 2.07. The number of fused-ring (bicyclic) bond motifs is 2. The van der Waals surface area contributed by atoms with Crippen LogP contribution in [0.2, 0.25) is 0 Å². The SMILES string of the molecule is OCc1ccc2c(c1)Sc1ccc(F)cc1C=C2. The Morgan fingerprint density at radius 1 is 0.944 bits per heavy atom. The summed E-state index contributed by atoms with van der Waals surface area (Å²) < 4.78 is 13.2. The average Bonchev–Trinajstić information content (AvgIpc) is 2.56. The van der Waals surface area contributed by atoms with Gasteiger partial charge in [0.05, 0.1) is 6.61 Å². The summed E-state index contributed by atoms with van der Waals surface area (Å²) >= 11 is 1.60. The van der Waals surface area contributed by atoms with E-state index in [1.54, 1.807) is 17.8 Å². The quantitative estimate of drug-likeness (QED) is 0.713. The van der Waals surface area contributed by atoms with Crippen molar-refractivity contribution in [3.63, 3.8) is 0 Å². The van der Waals surface area contributed by atoms with Crippen LogP contribution >= 0.6 is 11.8 Å². The molecule has 3 rings (SSSR count). The first-order chi connectivity index (χ1) is 8.76. The molecule has 2 aromatic carbocycles. The van der Waals surface area contributed by atoms with Gasteiger partial charge in [-0.3, -0.25) is 0 Å². The van der Waals surface area contributed by atoms with Crippen LogP contribution in [-0.4, -0.2) is 5.11 Å². The summed E-state index contributed by atoms with van der Waals surface area (Å²) in [6.45, 7) is 0.0355. The van der Waals surface area contributed by atoms with Crippen LogP contribution in [0.3, 0.4) is 0 Å². The van der Waals surface area contributed by atoms with Gasteiger partial charge in [-0.2, -0.15) is 0 Å². The number of hydrogen-bond acceptors (Lipinski definition) is 2. The van der Waals surface area contributed by atoms with Gasteiger partial charge in [0.1, 0.15) is 5.82 Å². The van der Waals surface area contributed by atoms with Crippen molar-refractivity contribution in [3.8, 4) is 0 Å². The van der Waals surface area contributed by atoms with Gasteiger partial charge in [0.15, 0.2) is 0 Å². The van der Waals surface area contributed by atoms with Crippen LogP contribution in [0.4, 0.5) is 4.39 Å². The lowest BCUT2D eigenvalue weighted by Gasteiger charge is -2.07. The van der Waals surface area contributed by atoms with Gasteiger partial charge in [-0.25, -0.2) is 4.39 Å². The first kappa shape index (κ1) is 11.5. The van der Waals surface area contributed by atoms with Crippen LogP contribution in [0.5, 0.6) is 0 Å². The third-order valence-corrected chi connectivity index (χ3v) is 4.06. The molecule has 0 aromatic heterocycles. The Kier molecular flexibility index (Phi) is 2.94. The fraction of sp³-hybridized carbons (Fsp3) is 0.0667. The topological polar surface area (TPSA) is 20.2 Å². The number of hydrogen-bond donors (Lipinski definition) is 1. The summed E-state index contributed by atoms with van der Waals surface area (Å²) in [6.07, 6.45) is 3.91. The van der Waals surface area contributed by atoms with E-state index in [1.807, 2.05) is 30.4 Å². The van der Waals surface area contributed by atoms with E-state index in [0.717, 1.165) is 26.5 Å². The van der Waals surface area contributed by atoms with Gasteiger partial charge in [-0.1, -0.05) is 36.0 Å². The summed E-state index contributed by atoms with van der Waals surface area (Å²) in [5.41, 5.74) is 2.87. The van der Waals surface area contributed by atoms with Gasteiger partial charge < -0.3 is 5.11 Å². The highest BCUT2D eigenvalue weighted by atomic mass is 32.2. The van der Waals surface area contributed by atoms with Crippen LogP contribution in [0.25, 0.3) is 12.2 Å². The van der Waals surface area contributed by atoms with E-state index < -0.39 is 0 Å². The first-order valence-corrected chi connectivity index (χ1v) is 6.47. The maximum absolute atomic E-state index is 13.2. The Balaban J connectivity index is 2.11. The van der Waals surface area contributed by atoms with Gasteiger partial charge >= 0.3 is 0 Å². The lowest BCUT2D eigenvalue weighted by molar-refractivity contribution is 0.281. The summed E-state index contributed by atoms with van der Waals surface area (Å²) in [4.78, 5) is 2.12. The molecule has 0 saturated carbocycles. The van der Waals surface area contributed by atoms with Gasteiger partial charge in [0.2, 0.25) is 0 Å². The molecule has 1 aliphatic heterocycles. The van der Waals surface area contributed by atoms with Crippen LogP contribution in [0, 0.1) is 5.82 Å². The molecule has 0 amide bonds. The Labute approximate surface area is 109 Å². The third-order valence-electron chi connectivity index (χ3n) is 2.89. The molecule has 0 fully saturated rings. The molecule has 1 heterocycles. The molecule has 1 aliphatic rings. The van der Waals surface area contributed by atoms with Crippen molar-refractivity contribution >= 4 is 23.9 Å². The molecule has 1 N–H and O–H groups in total. The molecular weight excluding hydrogens is 247 g/mol. The van der Waals surface area contributed by atoms with Crippen molar-refractivity contribution in [1.82, 2.24) is 0 Å².